The third-order valence-electron chi connectivity index (χ3n) is 3.69. The molecule has 3 N–H and O–H groups in total. The number of hydrogen-bond donors (Lipinski definition) is 3. The lowest BCUT2D eigenvalue weighted by atomic mass is 10.3. The van der Waals surface area contributed by atoms with Crippen LogP contribution < -0.4 is 14.7 Å². The topological polar surface area (TPSA) is 13.3 Å². The Labute approximate surface area is 79.2 Å². The van der Waals surface area contributed by atoms with Gasteiger partial charge in [0, 0.05) is 0 Å². The summed E-state index contributed by atoms with van der Waals surface area (Å²) in [6.07, 6.45) is 2.11. The lowest BCUT2D eigenvalue weighted by Crippen LogP contribution is -3.57. The van der Waals surface area contributed by atoms with Crippen LogP contribution in [0.3, 0.4) is 0 Å². The Hall–Kier alpha value is -0.420. The molecule has 4 heteroatoms. The molecule has 0 amide bonds. The van der Waals surface area contributed by atoms with E-state index >= 15 is 0 Å². The Morgan fingerprint density at radius 1 is 1.00 bits per heavy atom. The summed E-state index contributed by atoms with van der Waals surface area (Å²) < 4.78 is 1.30. The van der Waals surface area contributed by atoms with Crippen LogP contribution in [0.25, 0.3) is 0 Å². The van der Waals surface area contributed by atoms with Crippen molar-refractivity contribution >= 4 is 0 Å². The smallest absolute Gasteiger partial charge is 0.195 e. The third kappa shape index (κ3) is 1.14. The lowest BCUT2D eigenvalue weighted by Gasteiger charge is -2.52. The fourth-order valence-electron chi connectivity index (χ4n) is 3.64. The van der Waals surface area contributed by atoms with Crippen molar-refractivity contribution in [2.45, 2.75) is 0 Å². The first-order chi connectivity index (χ1) is 6.30. The van der Waals surface area contributed by atoms with Crippen LogP contribution in [0, 0.1) is 0 Å². The van der Waals surface area contributed by atoms with Crippen LogP contribution in [-0.2, 0) is 0 Å². The highest BCUT2D eigenvalue weighted by Crippen LogP contribution is 2.02. The van der Waals surface area contributed by atoms with Gasteiger partial charge in [0.25, 0.3) is 0 Å². The molecule has 4 rings (SSSR count). The predicted molar refractivity (Wildman–Crippen MR) is 47.4 cm³/mol. The van der Waals surface area contributed by atoms with Crippen LogP contribution in [0.5, 0.6) is 0 Å². The van der Waals surface area contributed by atoms with Crippen molar-refractivity contribution < 1.29 is 19.2 Å². The minimum absolute atomic E-state index is 1.18. The van der Waals surface area contributed by atoms with Gasteiger partial charge in [-0.05, 0) is 6.08 Å². The Morgan fingerprint density at radius 2 is 1.46 bits per heavy atom. The Balaban J connectivity index is 1.87. The third-order valence-corrected chi connectivity index (χ3v) is 3.69. The van der Waals surface area contributed by atoms with E-state index in [0.717, 1.165) is 0 Å². The molecule has 4 aliphatic rings. The first-order valence-corrected chi connectivity index (χ1v) is 5.26. The van der Waals surface area contributed by atoms with E-state index in [1.807, 2.05) is 0 Å². The number of nitrogens with one attached hydrogen (secondary N) is 3. The summed E-state index contributed by atoms with van der Waals surface area (Å²) in [6.45, 7) is 13.2. The Kier molecular flexibility index (Phi) is 1.55. The zero-order valence-corrected chi connectivity index (χ0v) is 8.18. The molecule has 4 nitrogen and oxygen atoms in total. The van der Waals surface area contributed by atoms with Gasteiger partial charge in [-0.15, -0.1) is 0 Å². The molecule has 13 heavy (non-hydrogen) atoms. The summed E-state index contributed by atoms with van der Waals surface area (Å²) >= 11 is 0. The van der Waals surface area contributed by atoms with Crippen molar-refractivity contribution in [2.24, 2.45) is 0 Å². The van der Waals surface area contributed by atoms with Crippen molar-refractivity contribution in [3.63, 3.8) is 0 Å². The maximum atomic E-state index is 3.89. The lowest BCUT2D eigenvalue weighted by molar-refractivity contribution is -1.43. The molecule has 4 heterocycles. The van der Waals surface area contributed by atoms with E-state index in [0.29, 0.717) is 0 Å². The molecule has 4 saturated heterocycles. The Bertz CT molecular complexity index is 202. The highest BCUT2D eigenvalue weighted by atomic mass is 15.7. The summed E-state index contributed by atoms with van der Waals surface area (Å²) in [6, 6.07) is 0. The number of rotatable bonds is 2. The molecule has 0 spiro atoms. The molecule has 72 valence electrons. The zero-order valence-electron chi connectivity index (χ0n) is 8.18. The first-order valence-electron chi connectivity index (χ1n) is 5.26. The van der Waals surface area contributed by atoms with E-state index in [9.17, 15) is 0 Å². The maximum Gasteiger partial charge on any atom is 0.223 e. The second kappa shape index (κ2) is 2.54. The largest absolute Gasteiger partial charge is 0.223 e. The molecule has 0 aliphatic carbocycles. The van der Waals surface area contributed by atoms with Gasteiger partial charge in [0.2, 0.25) is 40.0 Å². The SMILES string of the molecule is C=CC[N+]12C[NH+]3C[NH+](C[NH+](C3)C1)C2. The normalized spacial score (nSPS) is 52.5. The molecule has 4 aliphatic heterocycles. The fraction of sp³-hybridized carbons (Fsp3) is 0.778. The average molecular weight is 184 g/mol. The van der Waals surface area contributed by atoms with Gasteiger partial charge in [0.05, 0.1) is 0 Å². The van der Waals surface area contributed by atoms with Crippen LogP contribution in [0.15, 0.2) is 12.7 Å². The van der Waals surface area contributed by atoms with E-state index < -0.39 is 0 Å². The first kappa shape index (κ1) is 7.94. The van der Waals surface area contributed by atoms with E-state index in [-0.39, 0.29) is 0 Å². The molecule has 0 saturated carbocycles. The molecule has 0 aromatic heterocycles. The van der Waals surface area contributed by atoms with Crippen molar-refractivity contribution in [1.29, 1.82) is 0 Å². The van der Waals surface area contributed by atoms with E-state index in [4.69, 9.17) is 0 Å². The van der Waals surface area contributed by atoms with Gasteiger partial charge >= 0.3 is 0 Å². The molecule has 0 radical (unpaired) electrons. The van der Waals surface area contributed by atoms with Crippen LogP contribution in [0.1, 0.15) is 0 Å². The van der Waals surface area contributed by atoms with Gasteiger partial charge in [-0.3, -0.25) is 0 Å². The molecular weight excluding hydrogens is 164 g/mol. The molecule has 4 fully saturated rings. The highest BCUT2D eigenvalue weighted by molar-refractivity contribution is 4.64. The van der Waals surface area contributed by atoms with Crippen molar-refractivity contribution in [1.82, 2.24) is 0 Å². The van der Waals surface area contributed by atoms with Gasteiger partial charge in [-0.25, -0.2) is 0 Å². The summed E-state index contributed by atoms with van der Waals surface area (Å²) in [5.74, 6) is 0. The zero-order chi connectivity index (χ0) is 8.89. The fourth-order valence-corrected chi connectivity index (χ4v) is 3.64. The predicted octanol–water partition coefficient (Wildman–Crippen LogP) is -4.57. The van der Waals surface area contributed by atoms with Crippen LogP contribution in [-0.4, -0.2) is 51.0 Å². The molecule has 0 atom stereocenters. The monoisotopic (exact) mass is 184 g/mol. The van der Waals surface area contributed by atoms with Gasteiger partial charge in [-0.1, -0.05) is 6.58 Å². The van der Waals surface area contributed by atoms with Gasteiger partial charge in [-0.2, -0.15) is 19.2 Å². The molecule has 0 aromatic rings. The van der Waals surface area contributed by atoms with Crippen LogP contribution >= 0.6 is 0 Å². The van der Waals surface area contributed by atoms with Gasteiger partial charge in [0.1, 0.15) is 6.54 Å². The quantitative estimate of drug-likeness (QED) is 0.283. The number of nitrogens with zero attached hydrogens (tertiary/aromatic N) is 1. The number of quaternary nitrogens is 4. The van der Waals surface area contributed by atoms with Crippen molar-refractivity contribution in [3.05, 3.63) is 12.7 Å². The second-order valence-electron chi connectivity index (χ2n) is 5.07. The summed E-state index contributed by atoms with van der Waals surface area (Å²) in [4.78, 5) is 5.40. The van der Waals surface area contributed by atoms with Crippen LogP contribution in [0.2, 0.25) is 0 Å². The molecule has 0 aromatic carbocycles. The second-order valence-corrected chi connectivity index (χ2v) is 5.07. The van der Waals surface area contributed by atoms with E-state index in [1.54, 1.807) is 14.7 Å². The van der Waals surface area contributed by atoms with Crippen molar-refractivity contribution in [2.75, 3.05) is 46.6 Å². The number of hydrogen-bond acceptors (Lipinski definition) is 0. The van der Waals surface area contributed by atoms with Gasteiger partial charge < -0.3 is 0 Å². The minimum Gasteiger partial charge on any atom is -0.195 e. The Morgan fingerprint density at radius 3 is 1.85 bits per heavy atom. The van der Waals surface area contributed by atoms with E-state index in [1.165, 1.54) is 51.0 Å². The molecule has 4 bridgehead atoms. The van der Waals surface area contributed by atoms with Gasteiger partial charge in [0.15, 0.2) is 0 Å². The van der Waals surface area contributed by atoms with Crippen LogP contribution in [0.4, 0.5) is 0 Å². The average Bonchev–Trinajstić information content (AvgIpc) is 2.00. The summed E-state index contributed by atoms with van der Waals surface area (Å²) in [5.41, 5.74) is 0. The minimum atomic E-state index is 1.18. The highest BCUT2D eigenvalue weighted by Gasteiger charge is 2.55. The summed E-state index contributed by atoms with van der Waals surface area (Å²) in [7, 11) is 0. The molecule has 0 unspecified atom stereocenters. The van der Waals surface area contributed by atoms with E-state index in [2.05, 4.69) is 12.7 Å². The summed E-state index contributed by atoms with van der Waals surface area (Å²) in [5, 5.41) is 0. The molecular formula is C9H20N4+4. The maximum absolute atomic E-state index is 3.89. The van der Waals surface area contributed by atoms with Crippen molar-refractivity contribution in [3.8, 4) is 0 Å². The standard InChI is InChI=1S/C9H17N4/c1-2-3-13-7-10-4-11(8-13)6-12(5-10)9-13/h2H,1,3-9H2/q+1/p+3.